The van der Waals surface area contributed by atoms with Gasteiger partial charge in [0.15, 0.2) is 0 Å². The zero-order valence-corrected chi connectivity index (χ0v) is 8.24. The molecule has 1 saturated heterocycles. The second-order valence-electron chi connectivity index (χ2n) is 4.53. The molecule has 0 aromatic heterocycles. The van der Waals surface area contributed by atoms with Crippen LogP contribution in [0.15, 0.2) is 0 Å². The van der Waals surface area contributed by atoms with Gasteiger partial charge in [0.05, 0.1) is 6.10 Å². The van der Waals surface area contributed by atoms with Gasteiger partial charge >= 0.3 is 0 Å². The van der Waals surface area contributed by atoms with Crippen LogP contribution in [0.25, 0.3) is 0 Å². The van der Waals surface area contributed by atoms with E-state index < -0.39 is 0 Å². The predicted octanol–water partition coefficient (Wildman–Crippen LogP) is 1.96. The highest BCUT2D eigenvalue weighted by atomic mass is 16.5. The van der Waals surface area contributed by atoms with Crippen molar-refractivity contribution in [2.45, 2.75) is 44.6 Å². The van der Waals surface area contributed by atoms with E-state index in [9.17, 15) is 5.11 Å². The number of aliphatic hydroxyl groups is 1. The molecule has 2 atom stereocenters. The number of hydrogen-bond acceptors (Lipinski definition) is 2. The van der Waals surface area contributed by atoms with E-state index in [0.717, 1.165) is 37.9 Å². The molecule has 2 unspecified atom stereocenters. The Morgan fingerprint density at radius 2 is 1.69 bits per heavy atom. The van der Waals surface area contributed by atoms with Crippen molar-refractivity contribution in [3.05, 3.63) is 0 Å². The van der Waals surface area contributed by atoms with Gasteiger partial charge in [0, 0.05) is 13.2 Å². The van der Waals surface area contributed by atoms with Crippen LogP contribution in [0.2, 0.25) is 0 Å². The SMILES string of the molecule is OC1CCCC(C2CCOCC2)C1. The Bertz CT molecular complexity index is 152. The van der Waals surface area contributed by atoms with Crippen LogP contribution < -0.4 is 0 Å². The molecule has 1 N–H and O–H groups in total. The summed E-state index contributed by atoms with van der Waals surface area (Å²) in [7, 11) is 0. The van der Waals surface area contributed by atoms with Crippen molar-refractivity contribution >= 4 is 0 Å². The van der Waals surface area contributed by atoms with Gasteiger partial charge in [0.25, 0.3) is 0 Å². The molecule has 1 saturated carbocycles. The second-order valence-corrected chi connectivity index (χ2v) is 4.53. The Balaban J connectivity index is 1.83. The summed E-state index contributed by atoms with van der Waals surface area (Å²) in [6.07, 6.45) is 7.06. The van der Waals surface area contributed by atoms with Gasteiger partial charge in [-0.3, -0.25) is 0 Å². The van der Waals surface area contributed by atoms with Crippen molar-refractivity contribution in [2.75, 3.05) is 13.2 Å². The van der Waals surface area contributed by atoms with E-state index in [0.29, 0.717) is 0 Å². The van der Waals surface area contributed by atoms with Crippen molar-refractivity contribution in [1.29, 1.82) is 0 Å². The van der Waals surface area contributed by atoms with Crippen LogP contribution in [-0.2, 0) is 4.74 Å². The van der Waals surface area contributed by atoms with E-state index in [4.69, 9.17) is 4.74 Å². The smallest absolute Gasteiger partial charge is 0.0543 e. The molecule has 2 fully saturated rings. The average molecular weight is 184 g/mol. The molecule has 1 aliphatic carbocycles. The van der Waals surface area contributed by atoms with Crippen molar-refractivity contribution in [1.82, 2.24) is 0 Å². The van der Waals surface area contributed by atoms with Gasteiger partial charge in [-0.15, -0.1) is 0 Å². The van der Waals surface area contributed by atoms with Crippen LogP contribution in [0.4, 0.5) is 0 Å². The molecule has 2 heteroatoms. The lowest BCUT2D eigenvalue weighted by Gasteiger charge is -2.34. The third-order valence-electron chi connectivity index (χ3n) is 3.62. The first kappa shape index (κ1) is 9.47. The highest BCUT2D eigenvalue weighted by Gasteiger charge is 2.28. The molecule has 0 aromatic rings. The second kappa shape index (κ2) is 4.43. The summed E-state index contributed by atoms with van der Waals surface area (Å²) in [6, 6.07) is 0. The fourth-order valence-electron chi connectivity index (χ4n) is 2.82. The van der Waals surface area contributed by atoms with Crippen molar-refractivity contribution in [3.63, 3.8) is 0 Å². The van der Waals surface area contributed by atoms with Crippen LogP contribution in [0.1, 0.15) is 38.5 Å². The van der Waals surface area contributed by atoms with Crippen LogP contribution in [0.3, 0.4) is 0 Å². The van der Waals surface area contributed by atoms with Crippen LogP contribution >= 0.6 is 0 Å². The van der Waals surface area contributed by atoms with Gasteiger partial charge in [-0.25, -0.2) is 0 Å². The standard InChI is InChI=1S/C11H20O2/c12-11-3-1-2-10(8-11)9-4-6-13-7-5-9/h9-12H,1-8H2. The van der Waals surface area contributed by atoms with Gasteiger partial charge in [-0.05, 0) is 43.9 Å². The molecule has 2 rings (SSSR count). The predicted molar refractivity (Wildman–Crippen MR) is 51.5 cm³/mol. The maximum Gasteiger partial charge on any atom is 0.0543 e. The number of ether oxygens (including phenoxy) is 1. The Labute approximate surface area is 80.3 Å². The van der Waals surface area contributed by atoms with Crippen molar-refractivity contribution in [3.8, 4) is 0 Å². The first-order chi connectivity index (χ1) is 6.36. The van der Waals surface area contributed by atoms with Crippen LogP contribution in [-0.4, -0.2) is 24.4 Å². The third-order valence-corrected chi connectivity index (χ3v) is 3.62. The summed E-state index contributed by atoms with van der Waals surface area (Å²) in [5.41, 5.74) is 0. The topological polar surface area (TPSA) is 29.5 Å². The molecule has 76 valence electrons. The lowest BCUT2D eigenvalue weighted by atomic mass is 9.76. The van der Waals surface area contributed by atoms with E-state index >= 15 is 0 Å². The van der Waals surface area contributed by atoms with E-state index in [1.807, 2.05) is 0 Å². The molecule has 0 aromatic carbocycles. The van der Waals surface area contributed by atoms with Crippen LogP contribution in [0.5, 0.6) is 0 Å². The largest absolute Gasteiger partial charge is 0.393 e. The molecule has 0 radical (unpaired) electrons. The average Bonchev–Trinajstić information content (AvgIpc) is 2.19. The van der Waals surface area contributed by atoms with Gasteiger partial charge in [0.1, 0.15) is 0 Å². The van der Waals surface area contributed by atoms with Gasteiger partial charge in [-0.2, -0.15) is 0 Å². The van der Waals surface area contributed by atoms with Crippen molar-refractivity contribution in [2.24, 2.45) is 11.8 Å². The summed E-state index contributed by atoms with van der Waals surface area (Å²) in [5.74, 6) is 1.62. The molecule has 0 amide bonds. The Morgan fingerprint density at radius 1 is 0.923 bits per heavy atom. The van der Waals surface area contributed by atoms with Gasteiger partial charge < -0.3 is 9.84 Å². The summed E-state index contributed by atoms with van der Waals surface area (Å²) in [4.78, 5) is 0. The van der Waals surface area contributed by atoms with Gasteiger partial charge in [-0.1, -0.05) is 6.42 Å². The molecule has 1 heterocycles. The lowest BCUT2D eigenvalue weighted by Crippen LogP contribution is -2.29. The van der Waals surface area contributed by atoms with Crippen molar-refractivity contribution < 1.29 is 9.84 Å². The van der Waals surface area contributed by atoms with Crippen LogP contribution in [0, 0.1) is 11.8 Å². The summed E-state index contributed by atoms with van der Waals surface area (Å²) >= 11 is 0. The zero-order valence-electron chi connectivity index (χ0n) is 8.24. The minimum absolute atomic E-state index is 0.0124. The number of rotatable bonds is 1. The molecule has 13 heavy (non-hydrogen) atoms. The molecule has 0 bridgehead atoms. The molecule has 1 aliphatic heterocycles. The summed E-state index contributed by atoms with van der Waals surface area (Å²) in [6.45, 7) is 1.88. The summed E-state index contributed by atoms with van der Waals surface area (Å²) < 4.78 is 5.35. The highest BCUT2D eigenvalue weighted by Crippen LogP contribution is 2.35. The summed E-state index contributed by atoms with van der Waals surface area (Å²) in [5, 5.41) is 9.58. The first-order valence-corrected chi connectivity index (χ1v) is 5.62. The van der Waals surface area contributed by atoms with E-state index in [-0.39, 0.29) is 6.10 Å². The molecule has 2 aliphatic rings. The fourth-order valence-corrected chi connectivity index (χ4v) is 2.82. The number of hydrogen-bond donors (Lipinski definition) is 1. The van der Waals surface area contributed by atoms with Gasteiger partial charge in [0.2, 0.25) is 0 Å². The minimum atomic E-state index is -0.0124. The number of aliphatic hydroxyl groups excluding tert-OH is 1. The Morgan fingerprint density at radius 3 is 2.38 bits per heavy atom. The van der Waals surface area contributed by atoms with E-state index in [2.05, 4.69) is 0 Å². The van der Waals surface area contributed by atoms with E-state index in [1.54, 1.807) is 0 Å². The Kier molecular flexibility index (Phi) is 3.23. The molecule has 2 nitrogen and oxygen atoms in total. The van der Waals surface area contributed by atoms with E-state index in [1.165, 1.54) is 25.7 Å². The quantitative estimate of drug-likeness (QED) is 0.675. The fraction of sp³-hybridized carbons (Fsp3) is 1.00. The lowest BCUT2D eigenvalue weighted by molar-refractivity contribution is 0.0165. The normalized spacial score (nSPS) is 37.6. The molecular formula is C11H20O2. The monoisotopic (exact) mass is 184 g/mol. The molecule has 0 spiro atoms. The third kappa shape index (κ3) is 2.44. The molecular weight excluding hydrogens is 164 g/mol. The maximum atomic E-state index is 9.58. The minimum Gasteiger partial charge on any atom is -0.393 e. The maximum absolute atomic E-state index is 9.58. The highest BCUT2D eigenvalue weighted by molar-refractivity contribution is 4.79. The first-order valence-electron chi connectivity index (χ1n) is 5.62. The zero-order chi connectivity index (χ0) is 9.10. The Hall–Kier alpha value is -0.0800.